The molecular formula is C17H21Cl2N3O. The van der Waals surface area contributed by atoms with Gasteiger partial charge in [0.25, 0.3) is 0 Å². The number of hydrogen-bond acceptors (Lipinski definition) is 3. The van der Waals surface area contributed by atoms with E-state index in [4.69, 9.17) is 23.2 Å². The molecule has 1 aromatic heterocycles. The Balaban J connectivity index is 1.78. The van der Waals surface area contributed by atoms with Crippen LogP contribution in [0.2, 0.25) is 5.02 Å². The summed E-state index contributed by atoms with van der Waals surface area (Å²) in [6, 6.07) is 7.84. The topological polar surface area (TPSA) is 50.9 Å². The second kappa shape index (κ2) is 6.80. The van der Waals surface area contributed by atoms with Crippen LogP contribution in [0.1, 0.15) is 31.4 Å². The summed E-state index contributed by atoms with van der Waals surface area (Å²) in [5.74, 6) is 0.604. The lowest BCUT2D eigenvalue weighted by Gasteiger charge is -2.37. The third kappa shape index (κ3) is 3.12. The van der Waals surface area contributed by atoms with Gasteiger partial charge < -0.3 is 5.11 Å². The highest BCUT2D eigenvalue weighted by Crippen LogP contribution is 2.50. The van der Waals surface area contributed by atoms with Crippen LogP contribution in [0.15, 0.2) is 36.9 Å². The smallest absolute Gasteiger partial charge is 0.137 e. The average Bonchev–Trinajstić information content (AvgIpc) is 3.19. The van der Waals surface area contributed by atoms with Crippen molar-refractivity contribution in [1.29, 1.82) is 0 Å². The number of aliphatic hydroxyl groups excluding tert-OH is 1. The van der Waals surface area contributed by atoms with E-state index in [-0.39, 0.29) is 17.4 Å². The largest absolute Gasteiger partial charge is 0.392 e. The lowest BCUT2D eigenvalue weighted by Crippen LogP contribution is -2.42. The zero-order chi connectivity index (χ0) is 16.4. The van der Waals surface area contributed by atoms with Crippen LogP contribution in [-0.2, 0) is 6.42 Å². The number of aromatic nitrogens is 3. The van der Waals surface area contributed by atoms with E-state index in [1.165, 1.54) is 11.9 Å². The average molecular weight is 354 g/mol. The van der Waals surface area contributed by atoms with Crippen LogP contribution in [0.5, 0.6) is 0 Å². The molecule has 0 aliphatic heterocycles. The first kappa shape index (κ1) is 16.7. The van der Waals surface area contributed by atoms with Crippen LogP contribution in [-0.4, -0.2) is 31.9 Å². The van der Waals surface area contributed by atoms with Gasteiger partial charge in [0.15, 0.2) is 0 Å². The van der Waals surface area contributed by atoms with Gasteiger partial charge in [0, 0.05) is 16.3 Å². The van der Waals surface area contributed by atoms with Crippen LogP contribution >= 0.6 is 23.2 Å². The summed E-state index contributed by atoms with van der Waals surface area (Å²) in [5.41, 5.74) is 0.823. The molecule has 0 saturated heterocycles. The van der Waals surface area contributed by atoms with Gasteiger partial charge in [-0.25, -0.2) is 9.67 Å². The Morgan fingerprint density at radius 1 is 1.39 bits per heavy atom. The fraction of sp³-hybridized carbons (Fsp3) is 0.529. The van der Waals surface area contributed by atoms with Gasteiger partial charge in [0.1, 0.15) is 12.7 Å². The van der Waals surface area contributed by atoms with Crippen molar-refractivity contribution in [3.63, 3.8) is 0 Å². The summed E-state index contributed by atoms with van der Waals surface area (Å²) >= 11 is 12.3. The summed E-state index contributed by atoms with van der Waals surface area (Å²) in [6.45, 7) is 2.06. The standard InChI is InChI=1S/C17H21Cl2N3O/c1-12(22-11-20-10-21-22)17(9-18)7-6-14(16(17)23)8-13-2-4-15(19)5-3-13/h2-5,10-12,14,16,23H,6-9H2,1H3. The molecule has 1 aromatic carbocycles. The molecule has 2 aromatic rings. The van der Waals surface area contributed by atoms with Gasteiger partial charge in [0.05, 0.1) is 12.1 Å². The molecule has 6 heteroatoms. The van der Waals surface area contributed by atoms with E-state index in [2.05, 4.69) is 17.0 Å². The van der Waals surface area contributed by atoms with Gasteiger partial charge in [-0.3, -0.25) is 0 Å². The number of halogens is 2. The molecule has 0 radical (unpaired) electrons. The van der Waals surface area contributed by atoms with Crippen LogP contribution in [0.25, 0.3) is 0 Å². The van der Waals surface area contributed by atoms with Gasteiger partial charge in [-0.05, 0) is 49.8 Å². The summed E-state index contributed by atoms with van der Waals surface area (Å²) in [7, 11) is 0. The van der Waals surface area contributed by atoms with Crippen molar-refractivity contribution in [2.45, 2.75) is 38.3 Å². The molecule has 4 nitrogen and oxygen atoms in total. The fourth-order valence-electron chi connectivity index (χ4n) is 3.76. The minimum Gasteiger partial charge on any atom is -0.392 e. The first-order chi connectivity index (χ1) is 11.1. The molecule has 1 aliphatic carbocycles. The minimum absolute atomic E-state index is 0.00715. The fourth-order valence-corrected chi connectivity index (χ4v) is 4.40. The highest BCUT2D eigenvalue weighted by atomic mass is 35.5. The Hall–Kier alpha value is -1.10. The summed E-state index contributed by atoms with van der Waals surface area (Å²) in [5, 5.41) is 16.0. The second-order valence-electron chi connectivity index (χ2n) is 6.49. The Morgan fingerprint density at radius 3 is 2.74 bits per heavy atom. The summed E-state index contributed by atoms with van der Waals surface area (Å²) in [6.07, 6.45) is 5.42. The highest BCUT2D eigenvalue weighted by Gasteiger charge is 2.51. The molecule has 0 spiro atoms. The van der Waals surface area contributed by atoms with Crippen LogP contribution in [0, 0.1) is 11.3 Å². The lowest BCUT2D eigenvalue weighted by molar-refractivity contribution is 0.00417. The van der Waals surface area contributed by atoms with Gasteiger partial charge in [0.2, 0.25) is 0 Å². The molecule has 124 valence electrons. The minimum atomic E-state index is -0.463. The van der Waals surface area contributed by atoms with E-state index in [1.54, 1.807) is 11.0 Å². The third-order valence-corrected chi connectivity index (χ3v) is 6.09. The number of benzene rings is 1. The van der Waals surface area contributed by atoms with Crippen molar-refractivity contribution in [3.8, 4) is 0 Å². The molecule has 1 saturated carbocycles. The van der Waals surface area contributed by atoms with Gasteiger partial charge in [-0.2, -0.15) is 5.10 Å². The number of rotatable bonds is 5. The molecule has 1 heterocycles. The van der Waals surface area contributed by atoms with E-state index in [0.717, 1.165) is 24.3 Å². The number of hydrogen-bond donors (Lipinski definition) is 1. The first-order valence-electron chi connectivity index (χ1n) is 7.89. The Kier molecular flexibility index (Phi) is 4.95. The molecule has 4 atom stereocenters. The van der Waals surface area contributed by atoms with Crippen LogP contribution in [0.4, 0.5) is 0 Å². The maximum absolute atomic E-state index is 11.0. The van der Waals surface area contributed by atoms with Crippen molar-refractivity contribution in [3.05, 3.63) is 47.5 Å². The Bertz CT molecular complexity index is 632. The van der Waals surface area contributed by atoms with Gasteiger partial charge in [-0.15, -0.1) is 11.6 Å². The first-order valence-corrected chi connectivity index (χ1v) is 8.80. The number of alkyl halides is 1. The quantitative estimate of drug-likeness (QED) is 0.833. The maximum atomic E-state index is 11.0. The van der Waals surface area contributed by atoms with Crippen molar-refractivity contribution in [1.82, 2.24) is 14.8 Å². The zero-order valence-electron chi connectivity index (χ0n) is 13.1. The number of aliphatic hydroxyl groups is 1. The van der Waals surface area contributed by atoms with Crippen LogP contribution < -0.4 is 0 Å². The monoisotopic (exact) mass is 353 g/mol. The highest BCUT2D eigenvalue weighted by molar-refractivity contribution is 6.30. The van der Waals surface area contributed by atoms with Crippen molar-refractivity contribution in [2.75, 3.05) is 5.88 Å². The van der Waals surface area contributed by atoms with E-state index < -0.39 is 6.10 Å². The predicted molar refractivity (Wildman–Crippen MR) is 91.8 cm³/mol. The van der Waals surface area contributed by atoms with Crippen molar-refractivity contribution >= 4 is 23.2 Å². The van der Waals surface area contributed by atoms with E-state index >= 15 is 0 Å². The van der Waals surface area contributed by atoms with Crippen molar-refractivity contribution in [2.24, 2.45) is 11.3 Å². The third-order valence-electron chi connectivity index (χ3n) is 5.34. The normalized spacial score (nSPS) is 28.9. The SMILES string of the molecule is CC(n1cncn1)C1(CCl)CCC(Cc2ccc(Cl)cc2)C1O. The lowest BCUT2D eigenvalue weighted by atomic mass is 9.77. The summed E-state index contributed by atoms with van der Waals surface area (Å²) < 4.78 is 1.80. The van der Waals surface area contributed by atoms with E-state index in [9.17, 15) is 5.11 Å². The molecule has 3 rings (SSSR count). The van der Waals surface area contributed by atoms with Gasteiger partial charge in [-0.1, -0.05) is 23.7 Å². The maximum Gasteiger partial charge on any atom is 0.137 e. The Labute approximate surface area is 146 Å². The van der Waals surface area contributed by atoms with Crippen molar-refractivity contribution < 1.29 is 5.11 Å². The molecule has 1 aliphatic rings. The molecule has 1 N–H and O–H groups in total. The molecule has 4 unspecified atom stereocenters. The number of nitrogens with zero attached hydrogens (tertiary/aromatic N) is 3. The van der Waals surface area contributed by atoms with Crippen LogP contribution in [0.3, 0.4) is 0 Å². The molecule has 0 bridgehead atoms. The predicted octanol–water partition coefficient (Wildman–Crippen LogP) is 3.73. The molecule has 0 amide bonds. The molecule has 1 fully saturated rings. The second-order valence-corrected chi connectivity index (χ2v) is 7.20. The van der Waals surface area contributed by atoms with Gasteiger partial charge >= 0.3 is 0 Å². The zero-order valence-corrected chi connectivity index (χ0v) is 14.6. The van der Waals surface area contributed by atoms with E-state index in [1.807, 2.05) is 24.3 Å². The molecular weight excluding hydrogens is 333 g/mol. The van der Waals surface area contributed by atoms with E-state index in [0.29, 0.717) is 5.88 Å². The molecule has 23 heavy (non-hydrogen) atoms. The Morgan fingerprint density at radius 2 is 2.13 bits per heavy atom. The summed E-state index contributed by atoms with van der Waals surface area (Å²) in [4.78, 5) is 4.01.